The minimum atomic E-state index is -0.446. The van der Waals surface area contributed by atoms with Gasteiger partial charge in [-0.1, -0.05) is 31.5 Å². The van der Waals surface area contributed by atoms with Crippen molar-refractivity contribution in [2.75, 3.05) is 33.7 Å². The highest BCUT2D eigenvalue weighted by Crippen LogP contribution is 2.39. The van der Waals surface area contributed by atoms with Crippen molar-refractivity contribution in [1.82, 2.24) is 0 Å². The van der Waals surface area contributed by atoms with E-state index in [0.717, 1.165) is 24.1 Å². The van der Waals surface area contributed by atoms with Gasteiger partial charge in [0.25, 0.3) is 0 Å². The van der Waals surface area contributed by atoms with Crippen molar-refractivity contribution in [1.29, 1.82) is 0 Å². The molecule has 6 heteroatoms. The number of hydrogen-bond acceptors (Lipinski definition) is 6. The molecule has 0 saturated carbocycles. The van der Waals surface area contributed by atoms with Gasteiger partial charge in [0, 0.05) is 18.3 Å². The molecule has 0 aliphatic heterocycles. The van der Waals surface area contributed by atoms with Crippen LogP contribution >= 0.6 is 0 Å². The highest BCUT2D eigenvalue weighted by Gasteiger charge is 2.22. The van der Waals surface area contributed by atoms with Crippen LogP contribution in [0.15, 0.2) is 36.4 Å². The van der Waals surface area contributed by atoms with Gasteiger partial charge in [0.05, 0.1) is 26.9 Å². The zero-order chi connectivity index (χ0) is 19.8. The topological polar surface area (TPSA) is 66.0 Å². The molecule has 0 aliphatic carbocycles. The van der Waals surface area contributed by atoms with Gasteiger partial charge in [0.2, 0.25) is 5.75 Å². The molecule has 2 aromatic rings. The molecule has 2 rings (SSSR count). The first-order valence-corrected chi connectivity index (χ1v) is 8.87. The maximum absolute atomic E-state index is 12.8. The summed E-state index contributed by atoms with van der Waals surface area (Å²) in [5.41, 5.74) is 2.23. The summed E-state index contributed by atoms with van der Waals surface area (Å²) in [6, 6.07) is 11.0. The third-order valence-electron chi connectivity index (χ3n) is 4.28. The van der Waals surface area contributed by atoms with Crippen molar-refractivity contribution in [3.63, 3.8) is 0 Å². The Morgan fingerprint density at radius 1 is 1.04 bits per heavy atom. The Kier molecular flexibility index (Phi) is 7.34. The number of hydrogen-bond donors (Lipinski definition) is 1. The molecule has 1 atom stereocenters. The van der Waals surface area contributed by atoms with E-state index in [9.17, 15) is 4.79 Å². The van der Waals surface area contributed by atoms with Crippen molar-refractivity contribution in [3.8, 4) is 17.2 Å². The van der Waals surface area contributed by atoms with Crippen molar-refractivity contribution in [3.05, 3.63) is 47.5 Å². The second-order valence-electron chi connectivity index (χ2n) is 5.93. The second-order valence-corrected chi connectivity index (χ2v) is 5.93. The summed E-state index contributed by atoms with van der Waals surface area (Å²) < 4.78 is 21.8. The van der Waals surface area contributed by atoms with Crippen LogP contribution in [0.2, 0.25) is 0 Å². The number of esters is 1. The highest BCUT2D eigenvalue weighted by molar-refractivity contribution is 5.91. The van der Waals surface area contributed by atoms with Gasteiger partial charge >= 0.3 is 5.97 Å². The minimum Gasteiger partial charge on any atom is -0.493 e. The number of methoxy groups -OCH3 is 3. The molecule has 0 aliphatic rings. The molecule has 0 amide bonds. The number of carbonyl (C=O) groups is 1. The molecule has 27 heavy (non-hydrogen) atoms. The standard InChI is InChI=1S/C21H27NO5/c1-6-9-17(15-10-7-8-11-16(15)22-2)27-21(23)14-12-18(24-3)20(26-5)19(13-14)25-4/h7-8,10-13,17,22H,6,9H2,1-5H3. The molecule has 0 radical (unpaired) electrons. The SMILES string of the molecule is CCCC(OC(=O)c1cc(OC)c(OC)c(OC)c1)c1ccccc1NC. The minimum absolute atomic E-state index is 0.340. The zero-order valence-electron chi connectivity index (χ0n) is 16.5. The van der Waals surface area contributed by atoms with E-state index in [1.165, 1.54) is 21.3 Å². The van der Waals surface area contributed by atoms with Gasteiger partial charge in [-0.05, 0) is 24.6 Å². The average molecular weight is 373 g/mol. The van der Waals surface area contributed by atoms with Crippen molar-refractivity contribution >= 4 is 11.7 Å². The van der Waals surface area contributed by atoms with Crippen LogP contribution < -0.4 is 19.5 Å². The molecule has 6 nitrogen and oxygen atoms in total. The van der Waals surface area contributed by atoms with Crippen LogP contribution in [0.1, 0.15) is 41.8 Å². The van der Waals surface area contributed by atoms with Gasteiger partial charge < -0.3 is 24.3 Å². The van der Waals surface area contributed by atoms with E-state index < -0.39 is 5.97 Å². The molecule has 1 unspecified atom stereocenters. The molecule has 0 spiro atoms. The van der Waals surface area contributed by atoms with Crippen molar-refractivity contribution < 1.29 is 23.7 Å². The summed E-state index contributed by atoms with van der Waals surface area (Å²) in [7, 11) is 6.39. The highest BCUT2D eigenvalue weighted by atomic mass is 16.5. The van der Waals surface area contributed by atoms with Crippen LogP contribution in [0, 0.1) is 0 Å². The smallest absolute Gasteiger partial charge is 0.339 e. The molecular formula is C21H27NO5. The summed E-state index contributed by atoms with van der Waals surface area (Å²) >= 11 is 0. The van der Waals surface area contributed by atoms with Gasteiger partial charge in [-0.25, -0.2) is 4.79 Å². The number of ether oxygens (including phenoxy) is 4. The van der Waals surface area contributed by atoms with E-state index in [1.54, 1.807) is 12.1 Å². The molecule has 146 valence electrons. The van der Waals surface area contributed by atoms with Crippen LogP contribution in [0.4, 0.5) is 5.69 Å². The van der Waals surface area contributed by atoms with Crippen molar-refractivity contribution in [2.45, 2.75) is 25.9 Å². The van der Waals surface area contributed by atoms with Crippen molar-refractivity contribution in [2.24, 2.45) is 0 Å². The van der Waals surface area contributed by atoms with Gasteiger partial charge in [0.1, 0.15) is 6.10 Å². The van der Waals surface area contributed by atoms with Crippen LogP contribution in [-0.2, 0) is 4.74 Å². The lowest BCUT2D eigenvalue weighted by Crippen LogP contribution is -2.13. The number of carbonyl (C=O) groups excluding carboxylic acids is 1. The Morgan fingerprint density at radius 3 is 2.19 bits per heavy atom. The van der Waals surface area contributed by atoms with E-state index in [-0.39, 0.29) is 6.10 Å². The summed E-state index contributed by atoms with van der Waals surface area (Å²) in [4.78, 5) is 12.8. The Balaban J connectivity index is 2.35. The number of benzene rings is 2. The molecule has 0 fully saturated rings. The molecule has 0 aromatic heterocycles. The molecule has 2 aromatic carbocycles. The maximum Gasteiger partial charge on any atom is 0.339 e. The fourth-order valence-corrected chi connectivity index (χ4v) is 2.94. The molecule has 0 bridgehead atoms. The Bertz CT molecular complexity index is 750. The third kappa shape index (κ3) is 4.64. The first-order valence-electron chi connectivity index (χ1n) is 8.87. The lowest BCUT2D eigenvalue weighted by atomic mass is 10.0. The van der Waals surface area contributed by atoms with E-state index in [2.05, 4.69) is 12.2 Å². The normalized spacial score (nSPS) is 11.4. The fourth-order valence-electron chi connectivity index (χ4n) is 2.94. The molecule has 0 heterocycles. The predicted octanol–water partition coefficient (Wildman–Crippen LogP) is 4.45. The number of para-hydroxylation sites is 1. The number of anilines is 1. The predicted molar refractivity (Wildman–Crippen MR) is 105 cm³/mol. The maximum atomic E-state index is 12.8. The summed E-state index contributed by atoms with van der Waals surface area (Å²) in [5.74, 6) is 0.804. The summed E-state index contributed by atoms with van der Waals surface area (Å²) in [5, 5.41) is 3.15. The van der Waals surface area contributed by atoms with Crippen LogP contribution in [0.3, 0.4) is 0 Å². The van der Waals surface area contributed by atoms with Crippen LogP contribution in [-0.4, -0.2) is 34.3 Å². The lowest BCUT2D eigenvalue weighted by Gasteiger charge is -2.21. The first-order chi connectivity index (χ1) is 13.1. The van der Waals surface area contributed by atoms with E-state index in [1.807, 2.05) is 31.3 Å². The van der Waals surface area contributed by atoms with Gasteiger partial charge in [-0.15, -0.1) is 0 Å². The Morgan fingerprint density at radius 2 is 1.67 bits per heavy atom. The zero-order valence-corrected chi connectivity index (χ0v) is 16.5. The Hall–Kier alpha value is -2.89. The second kappa shape index (κ2) is 9.71. The van der Waals surface area contributed by atoms with Crippen LogP contribution in [0.5, 0.6) is 17.2 Å². The van der Waals surface area contributed by atoms with Gasteiger partial charge in [0.15, 0.2) is 11.5 Å². The van der Waals surface area contributed by atoms with Crippen LogP contribution in [0.25, 0.3) is 0 Å². The summed E-state index contributed by atoms with van der Waals surface area (Å²) in [6.45, 7) is 2.06. The van der Waals surface area contributed by atoms with Gasteiger partial charge in [-0.2, -0.15) is 0 Å². The van der Waals surface area contributed by atoms with E-state index in [0.29, 0.717) is 22.8 Å². The largest absolute Gasteiger partial charge is 0.493 e. The summed E-state index contributed by atoms with van der Waals surface area (Å²) in [6.07, 6.45) is 1.24. The lowest BCUT2D eigenvalue weighted by molar-refractivity contribution is 0.0276. The fraction of sp³-hybridized carbons (Fsp3) is 0.381. The first kappa shape index (κ1) is 20.4. The van der Waals surface area contributed by atoms with E-state index >= 15 is 0 Å². The quantitative estimate of drug-likeness (QED) is 0.655. The monoisotopic (exact) mass is 373 g/mol. The Labute approximate surface area is 160 Å². The molecule has 0 saturated heterocycles. The molecule has 1 N–H and O–H groups in total. The third-order valence-corrected chi connectivity index (χ3v) is 4.28. The van der Waals surface area contributed by atoms with Gasteiger partial charge in [-0.3, -0.25) is 0 Å². The number of nitrogens with one attached hydrogen (secondary N) is 1. The number of rotatable bonds is 9. The molecular weight excluding hydrogens is 346 g/mol. The average Bonchev–Trinajstić information content (AvgIpc) is 2.71. The van der Waals surface area contributed by atoms with E-state index in [4.69, 9.17) is 18.9 Å².